The Hall–Kier alpha value is -2.80. The van der Waals surface area contributed by atoms with E-state index in [4.69, 9.17) is 27.9 Å². The van der Waals surface area contributed by atoms with E-state index in [1.165, 1.54) is 4.52 Å². The lowest BCUT2D eigenvalue weighted by molar-refractivity contribution is 0.0661. The zero-order chi connectivity index (χ0) is 22.1. The van der Waals surface area contributed by atoms with Gasteiger partial charge in [0.05, 0.1) is 6.20 Å². The molecule has 1 aliphatic rings. The molecule has 0 N–H and O–H groups in total. The number of ether oxygens (including phenoxy) is 1. The zero-order valence-electron chi connectivity index (χ0n) is 17.2. The van der Waals surface area contributed by atoms with Gasteiger partial charge in [0.15, 0.2) is 5.65 Å². The van der Waals surface area contributed by atoms with E-state index in [2.05, 4.69) is 15.3 Å². The number of halogens is 2. The van der Waals surface area contributed by atoms with Crippen LogP contribution in [0.1, 0.15) is 18.5 Å². The first-order valence-corrected chi connectivity index (χ1v) is 11.2. The summed E-state index contributed by atoms with van der Waals surface area (Å²) in [5.74, 6) is 0.368. The normalized spacial score (nSPS) is 14.7. The topological polar surface area (TPSA) is 69.4 Å². The number of nitrogens with zero attached hydrogens (tertiary/aromatic N) is 4. The average Bonchev–Trinajstić information content (AvgIpc) is 2.82. The van der Waals surface area contributed by atoms with Crippen LogP contribution in [0.3, 0.4) is 0 Å². The Labute approximate surface area is 194 Å². The van der Waals surface area contributed by atoms with Gasteiger partial charge in [0.1, 0.15) is 5.69 Å². The lowest BCUT2D eigenvalue weighted by Gasteiger charge is -2.21. The second kappa shape index (κ2) is 8.98. The fraction of sp³-hybridized carbons (Fsp3) is 0.250. The third kappa shape index (κ3) is 4.13. The van der Waals surface area contributed by atoms with E-state index in [1.807, 2.05) is 48.5 Å². The molecule has 2 aromatic heterocycles. The predicted octanol–water partition coefficient (Wildman–Crippen LogP) is 5.09. The van der Waals surface area contributed by atoms with Crippen molar-refractivity contribution in [2.75, 3.05) is 13.2 Å². The maximum atomic E-state index is 13.3. The first-order chi connectivity index (χ1) is 15.6. The van der Waals surface area contributed by atoms with Crippen LogP contribution < -0.4 is 5.56 Å². The molecule has 0 aliphatic carbocycles. The summed E-state index contributed by atoms with van der Waals surface area (Å²) in [6.07, 6.45) is 4.11. The quantitative estimate of drug-likeness (QED) is 0.418. The summed E-state index contributed by atoms with van der Waals surface area (Å²) in [7, 11) is 0. The highest BCUT2D eigenvalue weighted by Gasteiger charge is 2.21. The van der Waals surface area contributed by atoms with Crippen LogP contribution in [0, 0.1) is 5.92 Å². The molecule has 0 amide bonds. The summed E-state index contributed by atoms with van der Waals surface area (Å²) in [5, 5.41) is 14.5. The van der Waals surface area contributed by atoms with Crippen molar-refractivity contribution in [3.05, 3.63) is 80.8 Å². The molecule has 2 aromatic carbocycles. The monoisotopic (exact) mass is 466 g/mol. The van der Waals surface area contributed by atoms with E-state index in [0.717, 1.165) is 48.3 Å². The first-order valence-electron chi connectivity index (χ1n) is 10.5. The maximum Gasteiger partial charge on any atom is 0.296 e. The number of fused-ring (bicyclic) bond motifs is 1. The molecule has 6 nitrogen and oxygen atoms in total. The molecule has 8 heteroatoms. The molecular formula is C24H20Cl2N4O2. The lowest BCUT2D eigenvalue weighted by atomic mass is 9.95. The molecule has 0 radical (unpaired) electrons. The number of rotatable bonds is 4. The fourth-order valence-electron chi connectivity index (χ4n) is 4.08. The highest BCUT2D eigenvalue weighted by molar-refractivity contribution is 6.31. The van der Waals surface area contributed by atoms with Crippen molar-refractivity contribution in [3.63, 3.8) is 0 Å². The van der Waals surface area contributed by atoms with E-state index in [0.29, 0.717) is 33.7 Å². The molecule has 162 valence electrons. The van der Waals surface area contributed by atoms with Crippen LogP contribution in [-0.4, -0.2) is 33.0 Å². The second-order valence-electron chi connectivity index (χ2n) is 7.89. The third-order valence-electron chi connectivity index (χ3n) is 5.81. The largest absolute Gasteiger partial charge is 0.381 e. The van der Waals surface area contributed by atoms with Crippen molar-refractivity contribution in [1.82, 2.24) is 19.8 Å². The Bertz CT molecular complexity index is 1320. The van der Waals surface area contributed by atoms with Gasteiger partial charge in [0.25, 0.3) is 5.56 Å². The summed E-state index contributed by atoms with van der Waals surface area (Å²) in [5.41, 5.74) is 3.97. The van der Waals surface area contributed by atoms with Crippen LogP contribution in [0.15, 0.2) is 59.5 Å². The van der Waals surface area contributed by atoms with Crippen LogP contribution in [-0.2, 0) is 11.2 Å². The van der Waals surface area contributed by atoms with Crippen molar-refractivity contribution in [2.24, 2.45) is 5.92 Å². The van der Waals surface area contributed by atoms with Crippen molar-refractivity contribution in [2.45, 2.75) is 19.3 Å². The Morgan fingerprint density at radius 1 is 0.906 bits per heavy atom. The minimum Gasteiger partial charge on any atom is -0.381 e. The molecule has 1 aliphatic heterocycles. The standard InChI is InChI=1S/C24H20Cl2N4O2/c25-18-5-1-16(2-6-18)20-14-27-30-23(22(20)17-3-7-19(26)8-4-17)29-28-21(24(30)31)13-15-9-11-32-12-10-15/h1-8,14-15H,9-13H2. The van der Waals surface area contributed by atoms with Crippen molar-refractivity contribution >= 4 is 28.8 Å². The number of aromatic nitrogens is 4. The SMILES string of the molecule is O=c1c(CC2CCOCC2)nnc2c(-c3ccc(Cl)cc3)c(-c3ccc(Cl)cc3)cnn12. The van der Waals surface area contributed by atoms with Crippen molar-refractivity contribution < 1.29 is 4.74 Å². The second-order valence-corrected chi connectivity index (χ2v) is 8.77. The van der Waals surface area contributed by atoms with Gasteiger partial charge in [-0.2, -0.15) is 9.61 Å². The molecule has 0 spiro atoms. The molecule has 5 rings (SSSR count). The first kappa shape index (κ1) is 21.1. The molecule has 4 aromatic rings. The predicted molar refractivity (Wildman–Crippen MR) is 125 cm³/mol. The van der Waals surface area contributed by atoms with E-state index < -0.39 is 0 Å². The molecule has 0 atom stereocenters. The molecule has 0 unspecified atom stereocenters. The Morgan fingerprint density at radius 2 is 1.53 bits per heavy atom. The summed E-state index contributed by atoms with van der Waals surface area (Å²) in [6.45, 7) is 1.44. The number of hydrogen-bond donors (Lipinski definition) is 0. The zero-order valence-corrected chi connectivity index (χ0v) is 18.7. The van der Waals surface area contributed by atoms with Gasteiger partial charge >= 0.3 is 0 Å². The van der Waals surface area contributed by atoms with Crippen LogP contribution in [0.2, 0.25) is 10.0 Å². The molecule has 0 bridgehead atoms. The van der Waals surface area contributed by atoms with E-state index >= 15 is 0 Å². The summed E-state index contributed by atoms with van der Waals surface area (Å²) in [4.78, 5) is 13.3. The summed E-state index contributed by atoms with van der Waals surface area (Å²) in [6, 6.07) is 14.9. The highest BCUT2D eigenvalue weighted by Crippen LogP contribution is 2.34. The maximum absolute atomic E-state index is 13.3. The van der Waals surface area contributed by atoms with Crippen LogP contribution in [0.4, 0.5) is 0 Å². The van der Waals surface area contributed by atoms with Gasteiger partial charge in [-0.1, -0.05) is 47.5 Å². The van der Waals surface area contributed by atoms with E-state index in [-0.39, 0.29) is 5.56 Å². The molecule has 1 fully saturated rings. The highest BCUT2D eigenvalue weighted by atomic mass is 35.5. The Kier molecular flexibility index (Phi) is 5.91. The fourth-order valence-corrected chi connectivity index (χ4v) is 4.33. The van der Waals surface area contributed by atoms with Crippen molar-refractivity contribution in [3.8, 4) is 22.3 Å². The minimum atomic E-state index is -0.237. The van der Waals surface area contributed by atoms with Crippen LogP contribution in [0.25, 0.3) is 27.9 Å². The van der Waals surface area contributed by atoms with Gasteiger partial charge in [-0.15, -0.1) is 10.2 Å². The van der Waals surface area contributed by atoms with E-state index in [1.54, 1.807) is 6.20 Å². The minimum absolute atomic E-state index is 0.237. The van der Waals surface area contributed by atoms with Gasteiger partial charge in [-0.25, -0.2) is 0 Å². The van der Waals surface area contributed by atoms with Crippen LogP contribution in [0.5, 0.6) is 0 Å². The molecular weight excluding hydrogens is 447 g/mol. The number of hydrogen-bond acceptors (Lipinski definition) is 5. The van der Waals surface area contributed by atoms with Gasteiger partial charge in [-0.05, 0) is 54.2 Å². The molecule has 0 saturated carbocycles. The average molecular weight is 467 g/mol. The van der Waals surface area contributed by atoms with Gasteiger partial charge in [-0.3, -0.25) is 4.79 Å². The molecule has 3 heterocycles. The lowest BCUT2D eigenvalue weighted by Crippen LogP contribution is -2.28. The van der Waals surface area contributed by atoms with Gasteiger partial charge in [0.2, 0.25) is 0 Å². The summed E-state index contributed by atoms with van der Waals surface area (Å²) >= 11 is 12.2. The van der Waals surface area contributed by atoms with Gasteiger partial charge < -0.3 is 4.74 Å². The number of benzene rings is 2. The van der Waals surface area contributed by atoms with Gasteiger partial charge in [0, 0.05) is 40.8 Å². The molecule has 1 saturated heterocycles. The van der Waals surface area contributed by atoms with E-state index in [9.17, 15) is 4.79 Å². The Balaban J connectivity index is 1.68. The summed E-state index contributed by atoms with van der Waals surface area (Å²) < 4.78 is 6.78. The molecule has 32 heavy (non-hydrogen) atoms. The smallest absolute Gasteiger partial charge is 0.296 e. The van der Waals surface area contributed by atoms with Crippen molar-refractivity contribution in [1.29, 1.82) is 0 Å². The van der Waals surface area contributed by atoms with Crippen LogP contribution >= 0.6 is 23.2 Å². The third-order valence-corrected chi connectivity index (χ3v) is 6.32. The Morgan fingerprint density at radius 3 is 2.19 bits per heavy atom.